The Balaban J connectivity index is 1.42. The molecule has 3 fully saturated rings. The molecule has 5 nitrogen and oxygen atoms in total. The third kappa shape index (κ3) is 3.91. The van der Waals surface area contributed by atoms with Crippen molar-refractivity contribution >= 4 is 11.8 Å². The van der Waals surface area contributed by atoms with Crippen LogP contribution in [0.1, 0.15) is 35.3 Å². The number of hydrogen-bond donors (Lipinski definition) is 0. The summed E-state index contributed by atoms with van der Waals surface area (Å²) < 4.78 is 13.8. The highest BCUT2D eigenvalue weighted by atomic mass is 19.1. The van der Waals surface area contributed by atoms with Crippen LogP contribution in [0.25, 0.3) is 0 Å². The van der Waals surface area contributed by atoms with Gasteiger partial charge in [-0.15, -0.1) is 0 Å². The maximum atomic E-state index is 13.8. The first-order valence-corrected chi connectivity index (χ1v) is 9.85. The van der Waals surface area contributed by atoms with Crippen LogP contribution in [0.5, 0.6) is 0 Å². The molecule has 3 aliphatic heterocycles. The van der Waals surface area contributed by atoms with Gasteiger partial charge in [0.05, 0.1) is 0 Å². The fourth-order valence-corrected chi connectivity index (χ4v) is 4.29. The molecule has 0 N–H and O–H groups in total. The summed E-state index contributed by atoms with van der Waals surface area (Å²) in [5, 5.41) is 0. The molecular weight excluding hydrogens is 357 g/mol. The summed E-state index contributed by atoms with van der Waals surface area (Å²) in [5.41, 5.74) is 1.02. The van der Waals surface area contributed by atoms with Gasteiger partial charge in [-0.2, -0.15) is 0 Å². The van der Waals surface area contributed by atoms with E-state index in [-0.39, 0.29) is 29.6 Å². The van der Waals surface area contributed by atoms with Crippen LogP contribution in [0, 0.1) is 11.7 Å². The summed E-state index contributed by atoms with van der Waals surface area (Å²) in [6.07, 6.45) is 4.24. The first-order chi connectivity index (χ1) is 13.6. The topological polar surface area (TPSA) is 53.5 Å². The summed E-state index contributed by atoms with van der Waals surface area (Å²) in [4.78, 5) is 33.6. The zero-order chi connectivity index (χ0) is 19.5. The molecule has 0 spiro atoms. The highest BCUT2D eigenvalue weighted by Crippen LogP contribution is 2.29. The third-order valence-electron chi connectivity index (χ3n) is 5.77. The molecule has 0 aliphatic carbocycles. The number of aryl methyl sites for hydroxylation is 1. The highest BCUT2D eigenvalue weighted by molar-refractivity contribution is 5.92. The van der Waals surface area contributed by atoms with Gasteiger partial charge in [-0.05, 0) is 48.9 Å². The quantitative estimate of drug-likeness (QED) is 0.818. The van der Waals surface area contributed by atoms with Gasteiger partial charge in [-0.3, -0.25) is 14.6 Å². The Morgan fingerprint density at radius 2 is 1.86 bits per heavy atom. The van der Waals surface area contributed by atoms with Crippen LogP contribution < -0.4 is 0 Å². The lowest BCUT2D eigenvalue weighted by Crippen LogP contribution is -2.47. The van der Waals surface area contributed by atoms with Crippen LogP contribution in [0.15, 0.2) is 48.7 Å². The molecule has 0 unspecified atom stereocenters. The van der Waals surface area contributed by atoms with E-state index in [0.29, 0.717) is 43.7 Å². The largest absolute Gasteiger partial charge is 0.338 e. The summed E-state index contributed by atoms with van der Waals surface area (Å²) in [6.45, 7) is 1.87. The van der Waals surface area contributed by atoms with E-state index < -0.39 is 0 Å². The first-order valence-electron chi connectivity index (χ1n) is 9.85. The second kappa shape index (κ2) is 8.09. The highest BCUT2D eigenvalue weighted by Gasteiger charge is 2.38. The number of pyridine rings is 1. The van der Waals surface area contributed by atoms with E-state index in [1.54, 1.807) is 36.5 Å². The van der Waals surface area contributed by atoms with Gasteiger partial charge >= 0.3 is 0 Å². The van der Waals surface area contributed by atoms with Crippen LogP contribution in [0.3, 0.4) is 0 Å². The van der Waals surface area contributed by atoms with Crippen LogP contribution in [-0.2, 0) is 11.2 Å². The van der Waals surface area contributed by atoms with E-state index in [0.717, 1.165) is 12.8 Å². The number of hydrogen-bond acceptors (Lipinski definition) is 3. The van der Waals surface area contributed by atoms with E-state index in [2.05, 4.69) is 4.98 Å². The lowest BCUT2D eigenvalue weighted by atomic mass is 9.94. The minimum absolute atomic E-state index is 0.0273. The van der Waals surface area contributed by atoms with Crippen molar-refractivity contribution in [2.24, 2.45) is 5.92 Å². The lowest BCUT2D eigenvalue weighted by Gasteiger charge is -2.36. The normalized spacial score (nSPS) is 21.5. The number of piperidine rings is 1. The molecular formula is C22H24FN3O2. The van der Waals surface area contributed by atoms with Crippen LogP contribution >= 0.6 is 0 Å². The Kier molecular flexibility index (Phi) is 5.37. The standard InChI is InChI=1S/C22H24FN3O2/c23-19-6-2-1-5-17(19)9-11-21(27)26-14-16-8-10-18(26)15-25(13-16)22(28)20-7-3-4-12-24-20/h1-7,12,16,18H,8-11,13-15H2/t16-,18+/m0/s1. The van der Waals surface area contributed by atoms with Crippen molar-refractivity contribution in [3.05, 3.63) is 65.7 Å². The number of rotatable bonds is 4. The molecule has 0 saturated carbocycles. The van der Waals surface area contributed by atoms with E-state index in [4.69, 9.17) is 0 Å². The molecule has 6 heteroatoms. The smallest absolute Gasteiger partial charge is 0.272 e. The van der Waals surface area contributed by atoms with Gasteiger partial charge in [-0.1, -0.05) is 24.3 Å². The van der Waals surface area contributed by atoms with Gasteiger partial charge in [0.25, 0.3) is 5.91 Å². The number of carbonyl (C=O) groups excluding carboxylic acids is 2. The average Bonchev–Trinajstić information content (AvgIpc) is 3.05. The number of benzene rings is 1. The number of nitrogens with zero attached hydrogens (tertiary/aromatic N) is 3. The van der Waals surface area contributed by atoms with Crippen molar-refractivity contribution in [3.63, 3.8) is 0 Å². The maximum Gasteiger partial charge on any atom is 0.272 e. The number of carbonyl (C=O) groups is 2. The SMILES string of the molecule is O=C(c1ccccn1)N1C[C@@H]2CC[C@H](C1)N(C(=O)CCc1ccccc1F)C2. The van der Waals surface area contributed by atoms with Gasteiger partial charge in [-0.25, -0.2) is 4.39 Å². The Hall–Kier alpha value is -2.76. The van der Waals surface area contributed by atoms with Gasteiger partial charge in [0.1, 0.15) is 11.5 Å². The molecule has 5 rings (SSSR count). The molecule has 28 heavy (non-hydrogen) atoms. The Morgan fingerprint density at radius 1 is 1.04 bits per heavy atom. The maximum absolute atomic E-state index is 13.8. The minimum atomic E-state index is -0.264. The zero-order valence-corrected chi connectivity index (χ0v) is 15.8. The summed E-state index contributed by atoms with van der Waals surface area (Å²) in [6, 6.07) is 12.0. The number of fused-ring (bicyclic) bond motifs is 4. The van der Waals surface area contributed by atoms with E-state index in [9.17, 15) is 14.0 Å². The molecule has 3 saturated heterocycles. The molecule has 2 atom stereocenters. The predicted octanol–water partition coefficient (Wildman–Crippen LogP) is 2.92. The molecule has 0 radical (unpaired) electrons. The molecule has 3 aliphatic rings. The van der Waals surface area contributed by atoms with Crippen molar-refractivity contribution in [1.29, 1.82) is 0 Å². The van der Waals surface area contributed by atoms with Gasteiger partial charge < -0.3 is 9.80 Å². The third-order valence-corrected chi connectivity index (χ3v) is 5.77. The Bertz CT molecular complexity index is 858. The van der Waals surface area contributed by atoms with Crippen LogP contribution in [0.2, 0.25) is 0 Å². The van der Waals surface area contributed by atoms with Crippen LogP contribution in [-0.4, -0.2) is 52.3 Å². The van der Waals surface area contributed by atoms with Crippen molar-refractivity contribution in [3.8, 4) is 0 Å². The van der Waals surface area contributed by atoms with Crippen LogP contribution in [0.4, 0.5) is 4.39 Å². The van der Waals surface area contributed by atoms with Crippen molar-refractivity contribution in [1.82, 2.24) is 14.8 Å². The molecule has 4 heterocycles. The van der Waals surface area contributed by atoms with Gasteiger partial charge in [0, 0.05) is 38.3 Å². The van der Waals surface area contributed by atoms with E-state index in [1.807, 2.05) is 15.9 Å². The van der Waals surface area contributed by atoms with Gasteiger partial charge in [0.2, 0.25) is 5.91 Å². The fourth-order valence-electron chi connectivity index (χ4n) is 4.29. The number of amides is 2. The Labute approximate surface area is 164 Å². The monoisotopic (exact) mass is 381 g/mol. The summed E-state index contributed by atoms with van der Waals surface area (Å²) >= 11 is 0. The summed E-state index contributed by atoms with van der Waals surface area (Å²) in [5.74, 6) is -0.00751. The molecule has 2 aromatic rings. The molecule has 2 bridgehead atoms. The molecule has 2 amide bonds. The van der Waals surface area contributed by atoms with Crippen molar-refractivity contribution < 1.29 is 14.0 Å². The second-order valence-corrected chi connectivity index (χ2v) is 7.66. The van der Waals surface area contributed by atoms with E-state index in [1.165, 1.54) is 6.07 Å². The fraction of sp³-hybridized carbons (Fsp3) is 0.409. The van der Waals surface area contributed by atoms with E-state index >= 15 is 0 Å². The molecule has 1 aromatic heterocycles. The molecule has 146 valence electrons. The van der Waals surface area contributed by atoms with Gasteiger partial charge in [0.15, 0.2) is 0 Å². The number of halogens is 1. The minimum Gasteiger partial charge on any atom is -0.338 e. The first kappa shape index (κ1) is 18.6. The van der Waals surface area contributed by atoms with Crippen molar-refractivity contribution in [2.75, 3.05) is 19.6 Å². The summed E-state index contributed by atoms with van der Waals surface area (Å²) in [7, 11) is 0. The predicted molar refractivity (Wildman–Crippen MR) is 103 cm³/mol. The molecule has 1 aromatic carbocycles. The van der Waals surface area contributed by atoms with Crippen molar-refractivity contribution in [2.45, 2.75) is 31.7 Å². The number of aromatic nitrogens is 1. The lowest BCUT2D eigenvalue weighted by molar-refractivity contribution is -0.135. The Morgan fingerprint density at radius 3 is 2.64 bits per heavy atom. The second-order valence-electron chi connectivity index (χ2n) is 7.66. The average molecular weight is 381 g/mol. The zero-order valence-electron chi connectivity index (χ0n) is 15.8.